The van der Waals surface area contributed by atoms with Gasteiger partial charge in [-0.25, -0.2) is 0 Å². The number of nitrogens with one attached hydrogen (secondary N) is 1. The molecule has 1 unspecified atom stereocenters. The van der Waals surface area contributed by atoms with Gasteiger partial charge in [-0.1, -0.05) is 32.9 Å². The Morgan fingerprint density at radius 1 is 1.21 bits per heavy atom. The summed E-state index contributed by atoms with van der Waals surface area (Å²) in [5.41, 5.74) is 2.18. The number of imide groups is 1. The van der Waals surface area contributed by atoms with Gasteiger partial charge in [-0.15, -0.1) is 0 Å². The lowest BCUT2D eigenvalue weighted by Crippen LogP contribution is -2.48. The van der Waals surface area contributed by atoms with Crippen LogP contribution in [0.5, 0.6) is 0 Å². The van der Waals surface area contributed by atoms with E-state index in [0.29, 0.717) is 18.8 Å². The summed E-state index contributed by atoms with van der Waals surface area (Å²) in [5.74, 6) is 0.123. The summed E-state index contributed by atoms with van der Waals surface area (Å²) < 4.78 is 6.31. The Hall–Kier alpha value is -1.66. The molecule has 6 heteroatoms. The van der Waals surface area contributed by atoms with E-state index in [4.69, 9.17) is 4.43 Å². The number of hydrogen-bond acceptors (Lipinski definition) is 4. The van der Waals surface area contributed by atoms with Crippen molar-refractivity contribution in [2.75, 3.05) is 24.6 Å². The Morgan fingerprint density at radius 2 is 1.93 bits per heavy atom. The second-order valence-corrected chi connectivity index (χ2v) is 14.6. The first-order valence-corrected chi connectivity index (χ1v) is 13.3. The number of rotatable bonds is 6. The quantitative estimate of drug-likeness (QED) is 0.576. The minimum Gasteiger partial charge on any atom is -0.417 e. The third-order valence-electron chi connectivity index (χ3n) is 6.63. The smallest absolute Gasteiger partial charge is 0.234 e. The molecule has 2 aliphatic rings. The largest absolute Gasteiger partial charge is 0.417 e. The van der Waals surface area contributed by atoms with Crippen molar-refractivity contribution in [3.8, 4) is 0 Å². The van der Waals surface area contributed by atoms with Gasteiger partial charge in [0.25, 0.3) is 0 Å². The van der Waals surface area contributed by atoms with Gasteiger partial charge in [0.2, 0.25) is 11.8 Å². The Labute approximate surface area is 170 Å². The molecule has 1 aromatic carbocycles. The topological polar surface area (TPSA) is 58.6 Å². The van der Waals surface area contributed by atoms with Gasteiger partial charge in [0, 0.05) is 31.8 Å². The highest BCUT2D eigenvalue weighted by molar-refractivity contribution is 6.74. The summed E-state index contributed by atoms with van der Waals surface area (Å²) in [6.45, 7) is 14.4. The summed E-state index contributed by atoms with van der Waals surface area (Å²) in [7, 11) is -1.65. The third kappa shape index (κ3) is 4.66. The SMILES string of the molecule is CC(C)(C)[Si](C)(C)OCCC1CN(c2cccc(C3CCC(=O)NC3=O)c2)C1. The molecule has 0 bridgehead atoms. The molecular formula is C22H34N2O3Si. The molecule has 28 heavy (non-hydrogen) atoms. The van der Waals surface area contributed by atoms with Gasteiger partial charge in [-0.05, 0) is 54.6 Å². The zero-order valence-corrected chi connectivity index (χ0v) is 18.9. The van der Waals surface area contributed by atoms with Crippen molar-refractivity contribution in [3.05, 3.63) is 29.8 Å². The molecular weight excluding hydrogens is 368 g/mol. The minimum atomic E-state index is -1.65. The lowest BCUT2D eigenvalue weighted by Gasteiger charge is -2.42. The molecule has 0 spiro atoms. The van der Waals surface area contributed by atoms with Crippen molar-refractivity contribution in [2.45, 2.75) is 64.1 Å². The zero-order valence-electron chi connectivity index (χ0n) is 17.9. The fourth-order valence-corrected chi connectivity index (χ4v) is 4.67. The summed E-state index contributed by atoms with van der Waals surface area (Å²) in [6, 6.07) is 8.23. The van der Waals surface area contributed by atoms with Gasteiger partial charge in [0.15, 0.2) is 8.32 Å². The average Bonchev–Trinajstić information content (AvgIpc) is 2.56. The van der Waals surface area contributed by atoms with Gasteiger partial charge in [0.05, 0.1) is 5.92 Å². The second kappa shape index (κ2) is 7.99. The normalized spacial score (nSPS) is 21.5. The van der Waals surface area contributed by atoms with Crippen molar-refractivity contribution in [2.24, 2.45) is 5.92 Å². The average molecular weight is 403 g/mol. The predicted octanol–water partition coefficient (Wildman–Crippen LogP) is 4.05. The highest BCUT2D eigenvalue weighted by Crippen LogP contribution is 2.37. The Bertz CT molecular complexity index is 736. The van der Waals surface area contributed by atoms with Crippen molar-refractivity contribution in [1.82, 2.24) is 5.32 Å². The third-order valence-corrected chi connectivity index (χ3v) is 11.2. The molecule has 3 rings (SSSR count). The van der Waals surface area contributed by atoms with E-state index in [2.05, 4.69) is 56.2 Å². The number of piperidine rings is 1. The van der Waals surface area contributed by atoms with Gasteiger partial charge < -0.3 is 9.33 Å². The van der Waals surface area contributed by atoms with E-state index >= 15 is 0 Å². The van der Waals surface area contributed by atoms with Gasteiger partial charge >= 0.3 is 0 Å². The van der Waals surface area contributed by atoms with Crippen LogP contribution in [-0.4, -0.2) is 39.8 Å². The van der Waals surface area contributed by atoms with Gasteiger partial charge in [-0.3, -0.25) is 14.9 Å². The molecule has 0 saturated carbocycles. The maximum absolute atomic E-state index is 12.1. The van der Waals surface area contributed by atoms with Crippen LogP contribution in [0.25, 0.3) is 0 Å². The highest BCUT2D eigenvalue weighted by atomic mass is 28.4. The number of carbonyl (C=O) groups excluding carboxylic acids is 2. The fourth-order valence-electron chi connectivity index (χ4n) is 3.61. The lowest BCUT2D eigenvalue weighted by atomic mass is 9.89. The van der Waals surface area contributed by atoms with Crippen LogP contribution >= 0.6 is 0 Å². The standard InChI is InChI=1S/C22H34N2O3Si/c1-22(2,3)28(4,5)27-12-11-16-14-24(15-16)18-8-6-7-17(13-18)19-9-10-20(25)23-21(19)26/h6-8,13,16,19H,9-12,14-15H2,1-5H3,(H,23,25,26). The Kier molecular flexibility index (Phi) is 6.01. The maximum Gasteiger partial charge on any atom is 0.234 e. The van der Waals surface area contributed by atoms with E-state index in [1.54, 1.807) is 0 Å². The minimum absolute atomic E-state index is 0.164. The number of amides is 2. The molecule has 0 radical (unpaired) electrons. The summed E-state index contributed by atoms with van der Waals surface area (Å²) in [4.78, 5) is 25.9. The number of carbonyl (C=O) groups is 2. The van der Waals surface area contributed by atoms with Crippen molar-refractivity contribution < 1.29 is 14.0 Å². The predicted molar refractivity (Wildman–Crippen MR) is 115 cm³/mol. The van der Waals surface area contributed by atoms with E-state index in [0.717, 1.165) is 31.7 Å². The molecule has 0 aliphatic carbocycles. The summed E-state index contributed by atoms with van der Waals surface area (Å²) in [6.07, 6.45) is 2.12. The fraction of sp³-hybridized carbons (Fsp3) is 0.636. The molecule has 0 aromatic heterocycles. The van der Waals surface area contributed by atoms with Crippen LogP contribution in [0.4, 0.5) is 5.69 Å². The number of anilines is 1. The molecule has 154 valence electrons. The first kappa shape index (κ1) is 21.1. The number of nitrogens with zero attached hydrogens (tertiary/aromatic N) is 1. The monoisotopic (exact) mass is 402 g/mol. The van der Waals surface area contributed by atoms with Crippen molar-refractivity contribution in [3.63, 3.8) is 0 Å². The number of benzene rings is 1. The van der Waals surface area contributed by atoms with Crippen molar-refractivity contribution >= 4 is 25.8 Å². The number of hydrogen-bond donors (Lipinski definition) is 1. The first-order valence-electron chi connectivity index (χ1n) is 10.4. The molecule has 1 aromatic rings. The second-order valence-electron chi connectivity index (χ2n) is 9.77. The Morgan fingerprint density at radius 3 is 2.57 bits per heavy atom. The zero-order chi connectivity index (χ0) is 20.5. The summed E-state index contributed by atoms with van der Waals surface area (Å²) >= 11 is 0. The van der Waals surface area contributed by atoms with E-state index in [-0.39, 0.29) is 22.8 Å². The van der Waals surface area contributed by atoms with Gasteiger partial charge in [0.1, 0.15) is 0 Å². The van der Waals surface area contributed by atoms with Crippen LogP contribution in [0.3, 0.4) is 0 Å². The molecule has 2 fully saturated rings. The summed E-state index contributed by atoms with van der Waals surface area (Å²) in [5, 5.41) is 2.71. The van der Waals surface area contributed by atoms with E-state index in [1.807, 2.05) is 12.1 Å². The van der Waals surface area contributed by atoms with E-state index in [1.165, 1.54) is 5.69 Å². The van der Waals surface area contributed by atoms with Crippen LogP contribution in [0, 0.1) is 5.92 Å². The van der Waals surface area contributed by atoms with E-state index in [9.17, 15) is 9.59 Å². The van der Waals surface area contributed by atoms with Crippen LogP contribution in [0.2, 0.25) is 18.1 Å². The maximum atomic E-state index is 12.1. The molecule has 2 amide bonds. The molecule has 2 saturated heterocycles. The van der Waals surface area contributed by atoms with Crippen LogP contribution in [0.1, 0.15) is 51.5 Å². The van der Waals surface area contributed by atoms with Crippen LogP contribution in [-0.2, 0) is 14.0 Å². The van der Waals surface area contributed by atoms with Crippen LogP contribution in [0.15, 0.2) is 24.3 Å². The molecule has 1 N–H and O–H groups in total. The van der Waals surface area contributed by atoms with E-state index < -0.39 is 8.32 Å². The van der Waals surface area contributed by atoms with Gasteiger partial charge in [-0.2, -0.15) is 0 Å². The molecule has 5 nitrogen and oxygen atoms in total. The van der Waals surface area contributed by atoms with Crippen LogP contribution < -0.4 is 10.2 Å². The molecule has 2 heterocycles. The highest BCUT2D eigenvalue weighted by Gasteiger charge is 2.37. The van der Waals surface area contributed by atoms with Crippen molar-refractivity contribution in [1.29, 1.82) is 0 Å². The first-order chi connectivity index (χ1) is 13.1. The Balaban J connectivity index is 1.50. The lowest BCUT2D eigenvalue weighted by molar-refractivity contribution is -0.134. The molecule has 2 aliphatic heterocycles. The molecule has 1 atom stereocenters.